The molecule has 0 saturated heterocycles. The maximum absolute atomic E-state index is 13.7. The van der Waals surface area contributed by atoms with Gasteiger partial charge in [-0.25, -0.2) is 4.39 Å². The number of nitrogens with one attached hydrogen (secondary N) is 1. The van der Waals surface area contributed by atoms with E-state index in [4.69, 9.17) is 16.3 Å². The monoisotopic (exact) mass is 483 g/mol. The van der Waals surface area contributed by atoms with Gasteiger partial charge < -0.3 is 10.1 Å². The Labute approximate surface area is 184 Å². The summed E-state index contributed by atoms with van der Waals surface area (Å²) in [5, 5.41) is 4.08. The molecule has 0 aliphatic rings. The van der Waals surface area contributed by atoms with Crippen molar-refractivity contribution >= 4 is 39.9 Å². The molecule has 0 heterocycles. The normalized spacial score (nSPS) is 10.4. The maximum Gasteiger partial charge on any atom is 0.126 e. The zero-order valence-electron chi connectivity index (χ0n) is 15.1. The third-order valence-electron chi connectivity index (χ3n) is 4.17. The van der Waals surface area contributed by atoms with Crippen molar-refractivity contribution in [3.05, 3.63) is 98.7 Å². The number of rotatable bonds is 8. The molecule has 3 rings (SSSR count). The van der Waals surface area contributed by atoms with Crippen LogP contribution in [0.2, 0.25) is 5.02 Å². The summed E-state index contributed by atoms with van der Waals surface area (Å²) in [6.45, 7) is 1.80. The van der Waals surface area contributed by atoms with E-state index >= 15 is 0 Å². The molecule has 1 N–H and O–H groups in total. The zero-order valence-corrected chi connectivity index (χ0v) is 18.3. The lowest BCUT2D eigenvalue weighted by molar-refractivity contribution is 0.302. The standard InChI is InChI=1S/C22H20BrClFNO.ClH/c23-19-7-10-22(27-15-16-5-8-20(24)9-6-16)18(13-19)14-26-12-11-17-3-1-2-4-21(17)25;/h1-10,13,26H,11-12,14-15H2;1H. The molecule has 6 heteroatoms. The minimum absolute atomic E-state index is 0. The SMILES string of the molecule is Cl.Fc1ccccc1CCNCc1cc(Br)ccc1OCc1ccc(Cl)cc1. The summed E-state index contributed by atoms with van der Waals surface area (Å²) in [7, 11) is 0. The topological polar surface area (TPSA) is 21.3 Å². The molecule has 0 amide bonds. The van der Waals surface area contributed by atoms with Gasteiger partial charge >= 0.3 is 0 Å². The Morgan fingerprint density at radius 3 is 2.46 bits per heavy atom. The van der Waals surface area contributed by atoms with Crippen LogP contribution in [0, 0.1) is 5.82 Å². The second-order valence-electron chi connectivity index (χ2n) is 6.19. The van der Waals surface area contributed by atoms with Crippen LogP contribution in [0.1, 0.15) is 16.7 Å². The largest absolute Gasteiger partial charge is 0.489 e. The molecule has 0 unspecified atom stereocenters. The fourth-order valence-electron chi connectivity index (χ4n) is 2.72. The molecule has 3 aromatic rings. The fraction of sp³-hybridized carbons (Fsp3) is 0.182. The quantitative estimate of drug-likeness (QED) is 0.365. The van der Waals surface area contributed by atoms with Gasteiger partial charge in [0, 0.05) is 21.6 Å². The summed E-state index contributed by atoms with van der Waals surface area (Å²) in [6.07, 6.45) is 0.641. The molecule has 148 valence electrons. The van der Waals surface area contributed by atoms with E-state index in [-0.39, 0.29) is 18.2 Å². The maximum atomic E-state index is 13.7. The molecule has 2 nitrogen and oxygen atoms in total. The molecule has 0 aromatic heterocycles. The first-order valence-corrected chi connectivity index (χ1v) is 9.89. The summed E-state index contributed by atoms with van der Waals surface area (Å²) in [5.74, 6) is 0.667. The molecule has 28 heavy (non-hydrogen) atoms. The fourth-order valence-corrected chi connectivity index (χ4v) is 3.25. The number of benzene rings is 3. The van der Waals surface area contributed by atoms with E-state index in [2.05, 4.69) is 21.2 Å². The van der Waals surface area contributed by atoms with Crippen LogP contribution in [0.5, 0.6) is 5.75 Å². The van der Waals surface area contributed by atoms with Gasteiger partial charge in [0.25, 0.3) is 0 Å². The molecule has 0 bridgehead atoms. The van der Waals surface area contributed by atoms with E-state index in [9.17, 15) is 4.39 Å². The number of hydrogen-bond acceptors (Lipinski definition) is 2. The first kappa shape index (κ1) is 22.7. The lowest BCUT2D eigenvalue weighted by atomic mass is 10.1. The van der Waals surface area contributed by atoms with Crippen LogP contribution in [0.25, 0.3) is 0 Å². The Balaban J connectivity index is 0.00000280. The van der Waals surface area contributed by atoms with Crippen LogP contribution in [0.3, 0.4) is 0 Å². The van der Waals surface area contributed by atoms with E-state index in [1.165, 1.54) is 6.07 Å². The van der Waals surface area contributed by atoms with Gasteiger partial charge in [-0.05, 0) is 60.5 Å². The van der Waals surface area contributed by atoms with Crippen LogP contribution in [0.15, 0.2) is 71.2 Å². The van der Waals surface area contributed by atoms with Crippen molar-refractivity contribution in [2.75, 3.05) is 6.54 Å². The van der Waals surface area contributed by atoms with Crippen LogP contribution in [-0.4, -0.2) is 6.54 Å². The molecule has 0 atom stereocenters. The van der Waals surface area contributed by atoms with Crippen molar-refractivity contribution in [2.24, 2.45) is 0 Å². The van der Waals surface area contributed by atoms with Crippen molar-refractivity contribution in [1.82, 2.24) is 5.32 Å². The first-order chi connectivity index (χ1) is 13.1. The third kappa shape index (κ3) is 6.78. The highest BCUT2D eigenvalue weighted by molar-refractivity contribution is 9.10. The van der Waals surface area contributed by atoms with Gasteiger partial charge in [-0.2, -0.15) is 0 Å². The van der Waals surface area contributed by atoms with Crippen LogP contribution >= 0.6 is 39.9 Å². The van der Waals surface area contributed by atoms with Gasteiger partial charge in [-0.1, -0.05) is 57.9 Å². The van der Waals surface area contributed by atoms with Crippen LogP contribution in [0.4, 0.5) is 4.39 Å². The number of hydrogen-bond donors (Lipinski definition) is 1. The Bertz CT molecular complexity index is 890. The van der Waals surface area contributed by atoms with Gasteiger partial charge in [-0.3, -0.25) is 0 Å². The van der Waals surface area contributed by atoms with E-state index in [0.29, 0.717) is 31.1 Å². The lowest BCUT2D eigenvalue weighted by Gasteiger charge is -2.13. The molecule has 0 fully saturated rings. The highest BCUT2D eigenvalue weighted by Gasteiger charge is 2.06. The van der Waals surface area contributed by atoms with Crippen LogP contribution < -0.4 is 10.1 Å². The molecule has 0 radical (unpaired) electrons. The average molecular weight is 485 g/mol. The molecular formula is C22H21BrCl2FNO. The molecule has 0 aliphatic heterocycles. The van der Waals surface area contributed by atoms with Crippen molar-refractivity contribution in [1.29, 1.82) is 0 Å². The lowest BCUT2D eigenvalue weighted by Crippen LogP contribution is -2.17. The second kappa shape index (κ2) is 11.4. The first-order valence-electron chi connectivity index (χ1n) is 8.71. The molecule has 3 aromatic carbocycles. The second-order valence-corrected chi connectivity index (χ2v) is 7.54. The molecule has 0 saturated carbocycles. The van der Waals surface area contributed by atoms with E-state index in [1.807, 2.05) is 54.6 Å². The summed E-state index contributed by atoms with van der Waals surface area (Å²) in [4.78, 5) is 0. The van der Waals surface area contributed by atoms with E-state index in [0.717, 1.165) is 26.9 Å². The Morgan fingerprint density at radius 2 is 1.71 bits per heavy atom. The summed E-state index contributed by atoms with van der Waals surface area (Å²) < 4.78 is 20.7. The molecular weight excluding hydrogens is 464 g/mol. The van der Waals surface area contributed by atoms with Crippen molar-refractivity contribution in [3.63, 3.8) is 0 Å². The van der Waals surface area contributed by atoms with Gasteiger partial charge in [-0.15, -0.1) is 12.4 Å². The van der Waals surface area contributed by atoms with Crippen molar-refractivity contribution in [3.8, 4) is 5.75 Å². The molecule has 0 aliphatic carbocycles. The van der Waals surface area contributed by atoms with E-state index < -0.39 is 0 Å². The number of ether oxygens (including phenoxy) is 1. The summed E-state index contributed by atoms with van der Waals surface area (Å²) in [5.41, 5.74) is 2.83. The highest BCUT2D eigenvalue weighted by atomic mass is 79.9. The van der Waals surface area contributed by atoms with Gasteiger partial charge in [0.15, 0.2) is 0 Å². The smallest absolute Gasteiger partial charge is 0.126 e. The average Bonchev–Trinajstić information content (AvgIpc) is 2.67. The molecule has 0 spiro atoms. The predicted molar refractivity (Wildman–Crippen MR) is 119 cm³/mol. The predicted octanol–water partition coefficient (Wildman–Crippen LogP) is 6.57. The third-order valence-corrected chi connectivity index (χ3v) is 4.92. The van der Waals surface area contributed by atoms with Crippen molar-refractivity contribution < 1.29 is 9.13 Å². The summed E-state index contributed by atoms with van der Waals surface area (Å²) in [6, 6.07) is 20.4. The highest BCUT2D eigenvalue weighted by Crippen LogP contribution is 2.24. The Hall–Kier alpha value is -1.59. The summed E-state index contributed by atoms with van der Waals surface area (Å²) >= 11 is 9.43. The Morgan fingerprint density at radius 1 is 0.964 bits per heavy atom. The minimum Gasteiger partial charge on any atom is -0.489 e. The zero-order chi connectivity index (χ0) is 19.1. The van der Waals surface area contributed by atoms with Gasteiger partial charge in [0.05, 0.1) is 0 Å². The van der Waals surface area contributed by atoms with Crippen molar-refractivity contribution in [2.45, 2.75) is 19.6 Å². The number of halogens is 4. The van der Waals surface area contributed by atoms with E-state index in [1.54, 1.807) is 6.07 Å². The minimum atomic E-state index is -0.159. The van der Waals surface area contributed by atoms with Gasteiger partial charge in [0.1, 0.15) is 18.2 Å². The Kier molecular flexibility index (Phi) is 9.26. The van der Waals surface area contributed by atoms with Gasteiger partial charge in [0.2, 0.25) is 0 Å². The van der Waals surface area contributed by atoms with Crippen LogP contribution in [-0.2, 0) is 19.6 Å².